The van der Waals surface area contributed by atoms with Gasteiger partial charge in [0, 0.05) is 32.2 Å². The van der Waals surface area contributed by atoms with Crippen molar-refractivity contribution in [1.29, 1.82) is 0 Å². The second-order valence-electron chi connectivity index (χ2n) is 5.24. The Balaban J connectivity index is 1.92. The predicted molar refractivity (Wildman–Crippen MR) is 84.1 cm³/mol. The van der Waals surface area contributed by atoms with Gasteiger partial charge in [0.15, 0.2) is 0 Å². The van der Waals surface area contributed by atoms with E-state index in [1.165, 1.54) is 11.3 Å². The summed E-state index contributed by atoms with van der Waals surface area (Å²) in [7, 11) is -1.58. The van der Waals surface area contributed by atoms with Crippen molar-refractivity contribution < 1.29 is 13.2 Å². The monoisotopic (exact) mass is 333 g/mol. The molecule has 120 valence electrons. The van der Waals surface area contributed by atoms with Crippen LogP contribution in [-0.2, 0) is 21.3 Å². The molecule has 0 saturated carbocycles. The van der Waals surface area contributed by atoms with Gasteiger partial charge in [-0.1, -0.05) is 0 Å². The molecule has 1 atom stereocenters. The normalized spacial score (nSPS) is 18.8. The molecule has 1 saturated heterocycles. The maximum absolute atomic E-state index is 12.3. The molecule has 1 fully saturated rings. The van der Waals surface area contributed by atoms with Gasteiger partial charge >= 0.3 is 0 Å². The molecule has 0 aliphatic carbocycles. The number of nitrogens with zero attached hydrogens (tertiary/aromatic N) is 1. The highest BCUT2D eigenvalue weighted by Crippen LogP contribution is 2.20. The topological polar surface area (TPSA) is 70.7 Å². The molecular formula is C13H23N3O3S2. The van der Waals surface area contributed by atoms with Gasteiger partial charge in [-0.25, -0.2) is 13.1 Å². The molecule has 2 N–H and O–H groups in total. The smallest absolute Gasteiger partial charge is 0.250 e. The van der Waals surface area contributed by atoms with E-state index in [9.17, 15) is 8.42 Å². The summed E-state index contributed by atoms with van der Waals surface area (Å²) in [4.78, 5) is 2.22. The molecule has 6 nitrogen and oxygen atoms in total. The van der Waals surface area contributed by atoms with Crippen molar-refractivity contribution >= 4 is 21.4 Å². The number of hydrogen-bond acceptors (Lipinski definition) is 6. The Labute approximate surface area is 130 Å². The minimum absolute atomic E-state index is 0.122. The number of hydrogen-bond donors (Lipinski definition) is 2. The second-order valence-corrected chi connectivity index (χ2v) is 8.09. The Morgan fingerprint density at radius 2 is 2.14 bits per heavy atom. The molecule has 0 bridgehead atoms. The third-order valence-corrected chi connectivity index (χ3v) is 6.35. The van der Waals surface area contributed by atoms with Crippen LogP contribution in [0, 0.1) is 0 Å². The van der Waals surface area contributed by atoms with E-state index in [2.05, 4.69) is 14.9 Å². The van der Waals surface area contributed by atoms with Gasteiger partial charge in [0.1, 0.15) is 4.21 Å². The Hall–Kier alpha value is -0.510. The highest BCUT2D eigenvalue weighted by Gasteiger charge is 2.21. The minimum Gasteiger partial charge on any atom is -0.379 e. The number of morpholine rings is 1. The fourth-order valence-corrected chi connectivity index (χ4v) is 4.78. The van der Waals surface area contributed by atoms with Crippen molar-refractivity contribution in [3.05, 3.63) is 17.0 Å². The van der Waals surface area contributed by atoms with Crippen LogP contribution in [0.5, 0.6) is 0 Å². The lowest BCUT2D eigenvalue weighted by Crippen LogP contribution is -2.45. The van der Waals surface area contributed by atoms with E-state index >= 15 is 0 Å². The average Bonchev–Trinajstić information content (AvgIpc) is 2.89. The van der Waals surface area contributed by atoms with Crippen LogP contribution in [0.15, 0.2) is 15.7 Å². The van der Waals surface area contributed by atoms with Gasteiger partial charge in [0.25, 0.3) is 0 Å². The molecule has 0 amide bonds. The largest absolute Gasteiger partial charge is 0.379 e. The molecule has 1 unspecified atom stereocenters. The molecule has 2 rings (SSSR count). The molecule has 1 aromatic heterocycles. The van der Waals surface area contributed by atoms with Crippen LogP contribution >= 0.6 is 11.3 Å². The first-order chi connectivity index (χ1) is 10.0. The van der Waals surface area contributed by atoms with Crippen LogP contribution in [0.4, 0.5) is 0 Å². The molecule has 0 radical (unpaired) electrons. The van der Waals surface area contributed by atoms with Crippen molar-refractivity contribution in [2.75, 3.05) is 39.9 Å². The first-order valence-corrected chi connectivity index (χ1v) is 9.42. The summed E-state index contributed by atoms with van der Waals surface area (Å²) in [6, 6.07) is 1.60. The van der Waals surface area contributed by atoms with E-state index in [1.807, 2.05) is 19.4 Å². The molecular weight excluding hydrogens is 310 g/mol. The van der Waals surface area contributed by atoms with E-state index in [1.54, 1.807) is 6.07 Å². The van der Waals surface area contributed by atoms with Crippen LogP contribution in [0.3, 0.4) is 0 Å². The van der Waals surface area contributed by atoms with Crippen molar-refractivity contribution in [2.45, 2.75) is 23.7 Å². The fourth-order valence-electron chi connectivity index (χ4n) is 2.32. The quantitative estimate of drug-likeness (QED) is 0.759. The Bertz CT molecular complexity index is 539. The van der Waals surface area contributed by atoms with Crippen LogP contribution in [-0.4, -0.2) is 59.3 Å². The van der Waals surface area contributed by atoms with Gasteiger partial charge in [-0.15, -0.1) is 11.3 Å². The molecule has 0 aromatic carbocycles. The number of sulfonamides is 1. The first-order valence-electron chi connectivity index (χ1n) is 7.05. The van der Waals surface area contributed by atoms with Gasteiger partial charge in [0.05, 0.1) is 13.2 Å². The molecule has 21 heavy (non-hydrogen) atoms. The van der Waals surface area contributed by atoms with Gasteiger partial charge in [0.2, 0.25) is 10.0 Å². The molecule has 1 aromatic rings. The average molecular weight is 333 g/mol. The zero-order chi connectivity index (χ0) is 15.3. The highest BCUT2D eigenvalue weighted by atomic mass is 32.2. The van der Waals surface area contributed by atoms with Crippen molar-refractivity contribution in [3.8, 4) is 0 Å². The van der Waals surface area contributed by atoms with E-state index in [0.29, 0.717) is 17.3 Å². The summed E-state index contributed by atoms with van der Waals surface area (Å²) >= 11 is 1.26. The van der Waals surface area contributed by atoms with Crippen LogP contribution in [0.25, 0.3) is 0 Å². The van der Waals surface area contributed by atoms with Crippen molar-refractivity contribution in [3.63, 3.8) is 0 Å². The van der Waals surface area contributed by atoms with E-state index in [0.717, 1.165) is 31.9 Å². The van der Waals surface area contributed by atoms with Gasteiger partial charge in [-0.05, 0) is 31.0 Å². The fraction of sp³-hybridized carbons (Fsp3) is 0.692. The van der Waals surface area contributed by atoms with Crippen LogP contribution in [0.1, 0.15) is 12.5 Å². The first kappa shape index (κ1) is 16.9. The van der Waals surface area contributed by atoms with Crippen molar-refractivity contribution in [1.82, 2.24) is 14.9 Å². The molecule has 2 heterocycles. The van der Waals surface area contributed by atoms with E-state index < -0.39 is 10.0 Å². The van der Waals surface area contributed by atoms with Gasteiger partial charge < -0.3 is 10.1 Å². The van der Waals surface area contributed by atoms with E-state index in [-0.39, 0.29) is 6.04 Å². The lowest BCUT2D eigenvalue weighted by Gasteiger charge is -2.29. The molecule has 1 aliphatic heterocycles. The molecule has 8 heteroatoms. The zero-order valence-corrected chi connectivity index (χ0v) is 14.1. The Morgan fingerprint density at radius 1 is 1.43 bits per heavy atom. The number of thiophene rings is 1. The lowest BCUT2D eigenvalue weighted by atomic mass is 10.3. The van der Waals surface area contributed by atoms with E-state index in [4.69, 9.17) is 4.74 Å². The minimum atomic E-state index is -3.42. The summed E-state index contributed by atoms with van der Waals surface area (Å²) in [5.41, 5.74) is 0.990. The van der Waals surface area contributed by atoms with Crippen LogP contribution in [0.2, 0.25) is 0 Å². The maximum atomic E-state index is 12.3. The summed E-state index contributed by atoms with van der Waals surface area (Å²) in [6.07, 6.45) is 0. The third kappa shape index (κ3) is 5.01. The molecule has 0 spiro atoms. The number of rotatable bonds is 7. The maximum Gasteiger partial charge on any atom is 0.250 e. The zero-order valence-electron chi connectivity index (χ0n) is 12.5. The summed E-state index contributed by atoms with van der Waals surface area (Å²) < 4.78 is 33.1. The SMILES string of the molecule is CNCc1csc(S(=O)(=O)NC(C)CN2CCOCC2)c1. The Kier molecular flexibility index (Phi) is 6.15. The number of nitrogens with one attached hydrogen (secondary N) is 2. The standard InChI is InChI=1S/C13H23N3O3S2/c1-11(9-16-3-5-19-6-4-16)15-21(17,18)13-7-12(8-14-2)10-20-13/h7,10-11,14-15H,3-6,8-9H2,1-2H3. The summed E-state index contributed by atoms with van der Waals surface area (Å²) in [5, 5.41) is 4.89. The predicted octanol–water partition coefficient (Wildman–Crippen LogP) is 0.467. The number of ether oxygens (including phenoxy) is 1. The summed E-state index contributed by atoms with van der Waals surface area (Å²) in [5.74, 6) is 0. The second kappa shape index (κ2) is 7.66. The molecule has 1 aliphatic rings. The Morgan fingerprint density at radius 3 is 2.81 bits per heavy atom. The van der Waals surface area contributed by atoms with Crippen molar-refractivity contribution in [2.24, 2.45) is 0 Å². The van der Waals surface area contributed by atoms with Gasteiger partial charge in [-0.3, -0.25) is 4.90 Å². The van der Waals surface area contributed by atoms with Crippen LogP contribution < -0.4 is 10.0 Å². The third-order valence-electron chi connectivity index (χ3n) is 3.27. The summed E-state index contributed by atoms with van der Waals surface area (Å²) in [6.45, 7) is 6.44. The van der Waals surface area contributed by atoms with Gasteiger partial charge in [-0.2, -0.15) is 0 Å². The highest BCUT2D eigenvalue weighted by molar-refractivity contribution is 7.91. The lowest BCUT2D eigenvalue weighted by molar-refractivity contribution is 0.0354.